The largest absolute Gasteiger partial charge is 0.388 e. The van der Waals surface area contributed by atoms with Gasteiger partial charge in [0, 0.05) is 43.6 Å². The molecule has 2 unspecified atom stereocenters. The normalized spacial score (nSPS) is 34.7. The molecule has 0 aromatic carbocycles. The number of rotatable bonds is 2. The van der Waals surface area contributed by atoms with Crippen LogP contribution in [0.4, 0.5) is 0 Å². The molecule has 0 aromatic rings. The Morgan fingerprint density at radius 2 is 2.47 bits per heavy atom. The number of piperidine rings is 1. The van der Waals surface area contributed by atoms with Crippen LogP contribution >= 0.6 is 11.8 Å². The zero-order valence-electron chi connectivity index (χ0n) is 10.4. The molecule has 2 aliphatic heterocycles. The molecule has 2 heterocycles. The van der Waals surface area contributed by atoms with Crippen molar-refractivity contribution in [2.45, 2.75) is 37.8 Å². The minimum Gasteiger partial charge on any atom is -0.388 e. The van der Waals surface area contributed by atoms with Crippen LogP contribution in [0.3, 0.4) is 0 Å². The zero-order valence-corrected chi connectivity index (χ0v) is 11.3. The standard InChI is InChI=1S/C12H22N2O2S/c1-12(16)3-2-5-14(9-12)11(15)7-10-8-17-6-4-13-10/h10,13,16H,2-9H2,1H3. The average molecular weight is 258 g/mol. The zero-order chi connectivity index (χ0) is 12.3. The van der Waals surface area contributed by atoms with Crippen molar-refractivity contribution in [3.8, 4) is 0 Å². The predicted octanol–water partition coefficient (Wildman–Crippen LogP) is 0.455. The molecule has 2 saturated heterocycles. The Balaban J connectivity index is 1.82. The van der Waals surface area contributed by atoms with Crippen LogP contribution in [0.5, 0.6) is 0 Å². The van der Waals surface area contributed by atoms with Gasteiger partial charge in [0.1, 0.15) is 0 Å². The van der Waals surface area contributed by atoms with Gasteiger partial charge in [0.25, 0.3) is 0 Å². The summed E-state index contributed by atoms with van der Waals surface area (Å²) in [5.41, 5.74) is -0.692. The summed E-state index contributed by atoms with van der Waals surface area (Å²) in [7, 11) is 0. The number of amides is 1. The maximum Gasteiger partial charge on any atom is 0.224 e. The Morgan fingerprint density at radius 1 is 1.65 bits per heavy atom. The summed E-state index contributed by atoms with van der Waals surface area (Å²) in [6, 6.07) is 0.313. The number of nitrogens with one attached hydrogen (secondary N) is 1. The van der Waals surface area contributed by atoms with Gasteiger partial charge in [-0.25, -0.2) is 0 Å². The molecule has 2 N–H and O–H groups in total. The molecule has 2 rings (SSSR count). The second-order valence-electron chi connectivity index (χ2n) is 5.35. The summed E-state index contributed by atoms with van der Waals surface area (Å²) >= 11 is 1.91. The molecule has 98 valence electrons. The van der Waals surface area contributed by atoms with Crippen LogP contribution in [0.2, 0.25) is 0 Å². The van der Waals surface area contributed by atoms with Crippen molar-refractivity contribution < 1.29 is 9.90 Å². The van der Waals surface area contributed by atoms with E-state index in [1.54, 1.807) is 0 Å². The number of likely N-dealkylation sites (tertiary alicyclic amines) is 1. The van der Waals surface area contributed by atoms with Crippen LogP contribution in [0, 0.1) is 0 Å². The summed E-state index contributed by atoms with van der Waals surface area (Å²) in [5, 5.41) is 13.4. The van der Waals surface area contributed by atoms with Gasteiger partial charge in [0.15, 0.2) is 0 Å². The van der Waals surface area contributed by atoms with Gasteiger partial charge >= 0.3 is 0 Å². The fraction of sp³-hybridized carbons (Fsp3) is 0.917. The highest BCUT2D eigenvalue weighted by Crippen LogP contribution is 2.21. The van der Waals surface area contributed by atoms with Gasteiger partial charge in [-0.15, -0.1) is 0 Å². The lowest BCUT2D eigenvalue weighted by molar-refractivity contribution is -0.137. The van der Waals surface area contributed by atoms with E-state index in [1.165, 1.54) is 0 Å². The minimum absolute atomic E-state index is 0.185. The summed E-state index contributed by atoms with van der Waals surface area (Å²) in [4.78, 5) is 13.9. The third-order valence-electron chi connectivity index (χ3n) is 3.45. The van der Waals surface area contributed by atoms with Gasteiger partial charge < -0.3 is 15.3 Å². The lowest BCUT2D eigenvalue weighted by Crippen LogP contribution is -2.50. The van der Waals surface area contributed by atoms with E-state index in [9.17, 15) is 9.90 Å². The highest BCUT2D eigenvalue weighted by Gasteiger charge is 2.31. The lowest BCUT2D eigenvalue weighted by Gasteiger charge is -2.37. The lowest BCUT2D eigenvalue weighted by atomic mass is 9.95. The van der Waals surface area contributed by atoms with Crippen LogP contribution in [0.25, 0.3) is 0 Å². The second-order valence-corrected chi connectivity index (χ2v) is 6.50. The number of aliphatic hydroxyl groups is 1. The van der Waals surface area contributed by atoms with Crippen molar-refractivity contribution in [3.05, 3.63) is 0 Å². The average Bonchev–Trinajstić information content (AvgIpc) is 2.29. The van der Waals surface area contributed by atoms with Crippen molar-refractivity contribution in [1.82, 2.24) is 10.2 Å². The van der Waals surface area contributed by atoms with Crippen LogP contribution < -0.4 is 5.32 Å². The number of hydrogen-bond acceptors (Lipinski definition) is 4. The van der Waals surface area contributed by atoms with E-state index in [0.29, 0.717) is 19.0 Å². The number of carbonyl (C=O) groups is 1. The Bertz CT molecular complexity index is 278. The Kier molecular flexibility index (Phi) is 4.33. The molecule has 2 atom stereocenters. The van der Waals surface area contributed by atoms with Crippen molar-refractivity contribution in [2.75, 3.05) is 31.1 Å². The molecule has 17 heavy (non-hydrogen) atoms. The molecule has 0 spiro atoms. The van der Waals surface area contributed by atoms with Crippen molar-refractivity contribution in [2.24, 2.45) is 0 Å². The van der Waals surface area contributed by atoms with Gasteiger partial charge in [-0.1, -0.05) is 0 Å². The molecule has 0 aliphatic carbocycles. The van der Waals surface area contributed by atoms with Crippen molar-refractivity contribution in [1.29, 1.82) is 0 Å². The van der Waals surface area contributed by atoms with E-state index in [1.807, 2.05) is 23.6 Å². The number of β-amino-alcohol motifs (C(OH)–C–C–N with tert-alkyl or cyclic N) is 1. The first-order valence-electron chi connectivity index (χ1n) is 6.38. The molecule has 0 saturated carbocycles. The summed E-state index contributed by atoms with van der Waals surface area (Å²) in [5.74, 6) is 2.35. The fourth-order valence-electron chi connectivity index (χ4n) is 2.52. The number of nitrogens with zero attached hydrogens (tertiary/aromatic N) is 1. The van der Waals surface area contributed by atoms with Gasteiger partial charge in [-0.3, -0.25) is 4.79 Å². The van der Waals surface area contributed by atoms with Gasteiger partial charge in [0.2, 0.25) is 5.91 Å². The molecular formula is C12H22N2O2S. The fourth-order valence-corrected chi connectivity index (χ4v) is 3.47. The van der Waals surface area contributed by atoms with Gasteiger partial charge in [-0.05, 0) is 19.8 Å². The SMILES string of the molecule is CC1(O)CCCN(C(=O)CC2CSCCN2)C1. The first kappa shape index (κ1) is 13.2. The molecule has 2 fully saturated rings. The molecule has 1 amide bonds. The number of carbonyl (C=O) groups excluding carboxylic acids is 1. The number of thioether (sulfide) groups is 1. The summed E-state index contributed by atoms with van der Waals surface area (Å²) in [6.45, 7) is 4.11. The van der Waals surface area contributed by atoms with E-state index in [0.717, 1.165) is 37.4 Å². The molecule has 5 heteroatoms. The summed E-state index contributed by atoms with van der Waals surface area (Å²) < 4.78 is 0. The third kappa shape index (κ3) is 3.86. The highest BCUT2D eigenvalue weighted by molar-refractivity contribution is 7.99. The van der Waals surface area contributed by atoms with Crippen LogP contribution in [-0.2, 0) is 4.79 Å². The van der Waals surface area contributed by atoms with Crippen LogP contribution in [-0.4, -0.2) is 58.7 Å². The number of hydrogen-bond donors (Lipinski definition) is 2. The van der Waals surface area contributed by atoms with Crippen LogP contribution in [0.1, 0.15) is 26.2 Å². The van der Waals surface area contributed by atoms with Crippen molar-refractivity contribution in [3.63, 3.8) is 0 Å². The molecule has 0 radical (unpaired) electrons. The Labute approximate surface area is 107 Å². The topological polar surface area (TPSA) is 52.6 Å². The van der Waals surface area contributed by atoms with E-state index in [-0.39, 0.29) is 5.91 Å². The van der Waals surface area contributed by atoms with E-state index < -0.39 is 5.60 Å². The smallest absolute Gasteiger partial charge is 0.224 e. The van der Waals surface area contributed by atoms with E-state index >= 15 is 0 Å². The highest BCUT2D eigenvalue weighted by atomic mass is 32.2. The quantitative estimate of drug-likeness (QED) is 0.755. The molecule has 0 bridgehead atoms. The molecule has 4 nitrogen and oxygen atoms in total. The Morgan fingerprint density at radius 3 is 3.12 bits per heavy atom. The molecule has 2 aliphatic rings. The van der Waals surface area contributed by atoms with Crippen LogP contribution in [0.15, 0.2) is 0 Å². The van der Waals surface area contributed by atoms with Gasteiger partial charge in [-0.2, -0.15) is 11.8 Å². The first-order valence-corrected chi connectivity index (χ1v) is 7.54. The van der Waals surface area contributed by atoms with E-state index in [4.69, 9.17) is 0 Å². The summed E-state index contributed by atoms with van der Waals surface area (Å²) in [6.07, 6.45) is 2.28. The second kappa shape index (κ2) is 5.59. The maximum atomic E-state index is 12.1. The predicted molar refractivity (Wildman–Crippen MR) is 70.2 cm³/mol. The third-order valence-corrected chi connectivity index (χ3v) is 4.58. The Hall–Kier alpha value is -0.260. The maximum absolute atomic E-state index is 12.1. The molecular weight excluding hydrogens is 236 g/mol. The van der Waals surface area contributed by atoms with Gasteiger partial charge in [0.05, 0.1) is 5.60 Å². The first-order chi connectivity index (χ1) is 8.07. The monoisotopic (exact) mass is 258 g/mol. The van der Waals surface area contributed by atoms with E-state index in [2.05, 4.69) is 5.32 Å². The van der Waals surface area contributed by atoms with Crippen molar-refractivity contribution >= 4 is 17.7 Å². The molecule has 0 aromatic heterocycles. The minimum atomic E-state index is -0.692.